The highest BCUT2D eigenvalue weighted by atomic mass is 16.7. The Kier molecular flexibility index (Phi) is 2.58. The fourth-order valence-corrected chi connectivity index (χ4v) is 4.47. The van der Waals surface area contributed by atoms with Gasteiger partial charge in [-0.3, -0.25) is 4.79 Å². The van der Waals surface area contributed by atoms with E-state index < -0.39 is 0 Å². The number of nitrogens with zero attached hydrogens (tertiary/aromatic N) is 1. The molecule has 1 saturated heterocycles. The van der Waals surface area contributed by atoms with Crippen LogP contribution in [0.15, 0.2) is 17.7 Å². The highest BCUT2D eigenvalue weighted by Gasteiger charge is 2.40. The molecule has 0 radical (unpaired) electrons. The largest absolute Gasteiger partial charge is 0.454 e. The number of hydrogen-bond acceptors (Lipinski definition) is 3. The summed E-state index contributed by atoms with van der Waals surface area (Å²) in [7, 11) is 0. The third-order valence-corrected chi connectivity index (χ3v) is 5.43. The summed E-state index contributed by atoms with van der Waals surface area (Å²) < 4.78 is 11.1. The quantitative estimate of drug-likeness (QED) is 0.797. The monoisotopic (exact) mass is 297 g/mol. The molecule has 5 rings (SSSR count). The first-order chi connectivity index (χ1) is 10.8. The molecule has 1 aromatic rings. The smallest absolute Gasteiger partial charge is 0.231 e. The van der Waals surface area contributed by atoms with Crippen molar-refractivity contribution in [2.45, 2.75) is 44.6 Å². The lowest BCUT2D eigenvalue weighted by Gasteiger charge is -2.29. The molecule has 2 aliphatic carbocycles. The minimum Gasteiger partial charge on any atom is -0.454 e. The van der Waals surface area contributed by atoms with Gasteiger partial charge in [-0.15, -0.1) is 0 Å². The van der Waals surface area contributed by atoms with Crippen molar-refractivity contribution < 1.29 is 14.3 Å². The van der Waals surface area contributed by atoms with Crippen molar-refractivity contribution in [1.29, 1.82) is 0 Å². The SMILES string of the molecule is O=C1CCCN1C1C2=C(CCCC2)c2cc3c(cc21)OCO3. The van der Waals surface area contributed by atoms with Crippen molar-refractivity contribution in [3.8, 4) is 11.5 Å². The summed E-state index contributed by atoms with van der Waals surface area (Å²) in [6, 6.07) is 4.40. The van der Waals surface area contributed by atoms with Crippen LogP contribution in [-0.2, 0) is 4.79 Å². The third-order valence-electron chi connectivity index (χ3n) is 5.43. The second-order valence-corrected chi connectivity index (χ2v) is 6.60. The molecule has 1 unspecified atom stereocenters. The van der Waals surface area contributed by atoms with Gasteiger partial charge in [0.2, 0.25) is 12.7 Å². The number of ether oxygens (including phenoxy) is 2. The highest BCUT2D eigenvalue weighted by molar-refractivity contribution is 5.85. The van der Waals surface area contributed by atoms with Gasteiger partial charge in [0.25, 0.3) is 0 Å². The van der Waals surface area contributed by atoms with Crippen LogP contribution in [0.25, 0.3) is 5.57 Å². The number of carbonyl (C=O) groups is 1. The average molecular weight is 297 g/mol. The van der Waals surface area contributed by atoms with Crippen LogP contribution in [0.1, 0.15) is 55.7 Å². The Labute approximate surface area is 129 Å². The van der Waals surface area contributed by atoms with Crippen molar-refractivity contribution >= 4 is 11.5 Å². The molecule has 0 bridgehead atoms. The zero-order valence-corrected chi connectivity index (χ0v) is 12.6. The van der Waals surface area contributed by atoms with Crippen molar-refractivity contribution in [3.63, 3.8) is 0 Å². The number of allylic oxidation sites excluding steroid dienone is 1. The lowest BCUT2D eigenvalue weighted by molar-refractivity contribution is -0.129. The van der Waals surface area contributed by atoms with Gasteiger partial charge in [0.05, 0.1) is 6.04 Å². The van der Waals surface area contributed by atoms with Gasteiger partial charge in [-0.2, -0.15) is 0 Å². The van der Waals surface area contributed by atoms with E-state index >= 15 is 0 Å². The average Bonchev–Trinajstić information content (AvgIpc) is 3.22. The normalized spacial score (nSPS) is 25.7. The molecule has 0 saturated carbocycles. The number of hydrogen-bond donors (Lipinski definition) is 0. The number of amides is 1. The molecular weight excluding hydrogens is 278 g/mol. The van der Waals surface area contributed by atoms with Gasteiger partial charge in [-0.05, 0) is 66.5 Å². The molecule has 4 nitrogen and oxygen atoms in total. The Balaban J connectivity index is 1.68. The van der Waals surface area contributed by atoms with E-state index in [2.05, 4.69) is 17.0 Å². The number of likely N-dealkylation sites (tertiary alicyclic amines) is 1. The Morgan fingerprint density at radius 2 is 1.82 bits per heavy atom. The van der Waals surface area contributed by atoms with E-state index in [1.165, 1.54) is 35.1 Å². The molecule has 2 aliphatic heterocycles. The Morgan fingerprint density at radius 1 is 1.00 bits per heavy atom. The number of rotatable bonds is 1. The number of carbonyl (C=O) groups excluding carboxylic acids is 1. The molecule has 1 atom stereocenters. The van der Waals surface area contributed by atoms with Crippen LogP contribution in [0.2, 0.25) is 0 Å². The van der Waals surface area contributed by atoms with Crippen molar-refractivity contribution in [1.82, 2.24) is 4.90 Å². The van der Waals surface area contributed by atoms with Crippen LogP contribution in [0.4, 0.5) is 0 Å². The van der Waals surface area contributed by atoms with Crippen LogP contribution in [-0.4, -0.2) is 24.1 Å². The molecule has 0 N–H and O–H groups in total. The van der Waals surface area contributed by atoms with E-state index in [4.69, 9.17) is 9.47 Å². The summed E-state index contributed by atoms with van der Waals surface area (Å²) in [6.07, 6.45) is 6.40. The van der Waals surface area contributed by atoms with Gasteiger partial charge >= 0.3 is 0 Å². The molecule has 0 aromatic heterocycles. The maximum absolute atomic E-state index is 12.3. The van der Waals surface area contributed by atoms with E-state index in [-0.39, 0.29) is 6.04 Å². The Hall–Kier alpha value is -1.97. The van der Waals surface area contributed by atoms with Crippen LogP contribution in [0.3, 0.4) is 0 Å². The van der Waals surface area contributed by atoms with Gasteiger partial charge in [0.1, 0.15) is 0 Å². The van der Waals surface area contributed by atoms with E-state index in [9.17, 15) is 4.79 Å². The lowest BCUT2D eigenvalue weighted by atomic mass is 9.90. The number of fused-ring (bicyclic) bond motifs is 3. The molecule has 22 heavy (non-hydrogen) atoms. The summed E-state index contributed by atoms with van der Waals surface area (Å²) in [5, 5.41) is 0. The predicted molar refractivity (Wildman–Crippen MR) is 81.6 cm³/mol. The molecular formula is C18H19NO3. The van der Waals surface area contributed by atoms with Gasteiger partial charge in [-0.1, -0.05) is 0 Å². The first-order valence-corrected chi connectivity index (χ1v) is 8.28. The van der Waals surface area contributed by atoms with Crippen molar-refractivity contribution in [2.24, 2.45) is 0 Å². The molecule has 1 amide bonds. The predicted octanol–water partition coefficient (Wildman–Crippen LogP) is 3.42. The van der Waals surface area contributed by atoms with Gasteiger partial charge in [0.15, 0.2) is 11.5 Å². The zero-order valence-electron chi connectivity index (χ0n) is 12.6. The minimum atomic E-state index is 0.148. The summed E-state index contributed by atoms with van der Waals surface area (Å²) in [4.78, 5) is 14.4. The fourth-order valence-electron chi connectivity index (χ4n) is 4.47. The summed E-state index contributed by atoms with van der Waals surface area (Å²) >= 11 is 0. The van der Waals surface area contributed by atoms with E-state index in [0.717, 1.165) is 37.3 Å². The van der Waals surface area contributed by atoms with Gasteiger partial charge in [-0.25, -0.2) is 0 Å². The number of benzene rings is 1. The molecule has 2 heterocycles. The molecule has 4 aliphatic rings. The second kappa shape index (κ2) is 4.51. The van der Waals surface area contributed by atoms with E-state index in [0.29, 0.717) is 19.1 Å². The minimum absolute atomic E-state index is 0.148. The van der Waals surface area contributed by atoms with Crippen LogP contribution in [0.5, 0.6) is 11.5 Å². The van der Waals surface area contributed by atoms with Gasteiger partial charge in [0, 0.05) is 13.0 Å². The fraction of sp³-hybridized carbons (Fsp3) is 0.500. The van der Waals surface area contributed by atoms with Crippen LogP contribution < -0.4 is 9.47 Å². The molecule has 1 aromatic carbocycles. The lowest BCUT2D eigenvalue weighted by Crippen LogP contribution is -2.30. The summed E-state index contributed by atoms with van der Waals surface area (Å²) in [5.74, 6) is 1.98. The third kappa shape index (κ3) is 1.61. The highest BCUT2D eigenvalue weighted by Crippen LogP contribution is 2.53. The summed E-state index contributed by atoms with van der Waals surface area (Å²) in [6.45, 7) is 1.19. The molecule has 4 heteroatoms. The standard InChI is InChI=1S/C18H19NO3/c20-17-6-3-7-19(17)18-12-5-2-1-4-11(12)13-8-15-16(9-14(13)18)22-10-21-15/h8-9,18H,1-7,10H2. The van der Waals surface area contributed by atoms with Crippen LogP contribution in [0, 0.1) is 0 Å². The van der Waals surface area contributed by atoms with Crippen molar-refractivity contribution in [3.05, 3.63) is 28.8 Å². The zero-order chi connectivity index (χ0) is 14.7. The topological polar surface area (TPSA) is 38.8 Å². The molecule has 1 fully saturated rings. The van der Waals surface area contributed by atoms with E-state index in [1.54, 1.807) is 0 Å². The van der Waals surface area contributed by atoms with Gasteiger partial charge < -0.3 is 14.4 Å². The Bertz CT molecular complexity index is 707. The summed E-state index contributed by atoms with van der Waals surface area (Å²) in [5.41, 5.74) is 5.49. The maximum atomic E-state index is 12.3. The first kappa shape index (κ1) is 12.6. The maximum Gasteiger partial charge on any atom is 0.231 e. The Morgan fingerprint density at radius 3 is 2.64 bits per heavy atom. The second-order valence-electron chi connectivity index (χ2n) is 6.60. The van der Waals surface area contributed by atoms with Crippen LogP contribution >= 0.6 is 0 Å². The molecule has 0 spiro atoms. The van der Waals surface area contributed by atoms with E-state index in [1.807, 2.05) is 0 Å². The first-order valence-electron chi connectivity index (χ1n) is 8.28. The van der Waals surface area contributed by atoms with Crippen molar-refractivity contribution in [2.75, 3.05) is 13.3 Å². The molecule has 114 valence electrons.